The second kappa shape index (κ2) is 8.68. The summed E-state index contributed by atoms with van der Waals surface area (Å²) in [5.41, 5.74) is 1.32. The van der Waals surface area contributed by atoms with Crippen LogP contribution in [-0.2, 0) is 0 Å². The highest BCUT2D eigenvalue weighted by Crippen LogP contribution is 2.48. The first-order valence-electron chi connectivity index (χ1n) is 11.1. The Balaban J connectivity index is 1.49. The summed E-state index contributed by atoms with van der Waals surface area (Å²) in [5.74, 6) is 3.75. The molecule has 2 saturated carbocycles. The zero-order valence-electron chi connectivity index (χ0n) is 17.1. The predicted molar refractivity (Wildman–Crippen MR) is 115 cm³/mol. The third kappa shape index (κ3) is 4.11. The standard InChI is InChI=1S/C26H33FO/c1-3-5-18-6-7-20-14-21(9-8-19(20)13-18)22-10-11-23-15-24(28-12-4-2)17-26(27)25(23)16-22/h4,10-11,15-21H,2-3,5-9,12-14H2,1H3. The van der Waals surface area contributed by atoms with Gasteiger partial charge in [0.05, 0.1) is 0 Å². The van der Waals surface area contributed by atoms with Crippen LogP contribution in [-0.4, -0.2) is 6.61 Å². The van der Waals surface area contributed by atoms with Gasteiger partial charge in [-0.1, -0.05) is 51.0 Å². The van der Waals surface area contributed by atoms with Crippen molar-refractivity contribution in [3.8, 4) is 5.75 Å². The van der Waals surface area contributed by atoms with Crippen LogP contribution in [0.1, 0.15) is 69.8 Å². The van der Waals surface area contributed by atoms with E-state index in [2.05, 4.69) is 31.7 Å². The van der Waals surface area contributed by atoms with E-state index < -0.39 is 0 Å². The van der Waals surface area contributed by atoms with Crippen LogP contribution in [0.25, 0.3) is 10.8 Å². The van der Waals surface area contributed by atoms with Crippen molar-refractivity contribution in [2.75, 3.05) is 6.61 Å². The molecule has 4 unspecified atom stereocenters. The average Bonchev–Trinajstić information content (AvgIpc) is 2.72. The molecule has 2 heteroatoms. The lowest BCUT2D eigenvalue weighted by Gasteiger charge is -2.42. The van der Waals surface area contributed by atoms with Crippen molar-refractivity contribution in [3.63, 3.8) is 0 Å². The molecule has 0 radical (unpaired) electrons. The number of hydrogen-bond acceptors (Lipinski definition) is 1. The third-order valence-electron chi connectivity index (χ3n) is 7.16. The van der Waals surface area contributed by atoms with E-state index in [4.69, 9.17) is 4.74 Å². The first kappa shape index (κ1) is 19.5. The first-order valence-corrected chi connectivity index (χ1v) is 11.1. The zero-order chi connectivity index (χ0) is 19.5. The van der Waals surface area contributed by atoms with Gasteiger partial charge in [0.25, 0.3) is 0 Å². The summed E-state index contributed by atoms with van der Waals surface area (Å²) in [5, 5.41) is 1.63. The topological polar surface area (TPSA) is 9.23 Å². The van der Waals surface area contributed by atoms with Crippen LogP contribution in [0.3, 0.4) is 0 Å². The lowest BCUT2D eigenvalue weighted by molar-refractivity contribution is 0.114. The Kier molecular flexibility index (Phi) is 6.04. The summed E-state index contributed by atoms with van der Waals surface area (Å²) < 4.78 is 20.2. The lowest BCUT2D eigenvalue weighted by Crippen LogP contribution is -2.30. The van der Waals surface area contributed by atoms with E-state index in [1.165, 1.54) is 63.0 Å². The number of rotatable bonds is 6. The van der Waals surface area contributed by atoms with E-state index in [1.807, 2.05) is 6.07 Å². The van der Waals surface area contributed by atoms with E-state index in [0.29, 0.717) is 18.3 Å². The molecule has 0 aromatic heterocycles. The minimum absolute atomic E-state index is 0.188. The largest absolute Gasteiger partial charge is 0.489 e. The molecule has 2 aromatic rings. The molecule has 0 bridgehead atoms. The summed E-state index contributed by atoms with van der Waals surface area (Å²) in [6.45, 7) is 6.36. The second-order valence-corrected chi connectivity index (χ2v) is 8.98. The Morgan fingerprint density at radius 2 is 1.89 bits per heavy atom. The molecule has 2 aromatic carbocycles. The summed E-state index contributed by atoms with van der Waals surface area (Å²) in [4.78, 5) is 0. The normalized spacial score (nSPS) is 27.4. The molecule has 0 heterocycles. The van der Waals surface area contributed by atoms with Gasteiger partial charge in [0.2, 0.25) is 0 Å². The molecular weight excluding hydrogens is 347 g/mol. The van der Waals surface area contributed by atoms with Gasteiger partial charge < -0.3 is 4.74 Å². The molecule has 150 valence electrons. The van der Waals surface area contributed by atoms with Gasteiger partial charge in [0.1, 0.15) is 18.2 Å². The van der Waals surface area contributed by atoms with Crippen molar-refractivity contribution >= 4 is 10.8 Å². The van der Waals surface area contributed by atoms with Crippen molar-refractivity contribution in [1.82, 2.24) is 0 Å². The fourth-order valence-corrected chi connectivity index (χ4v) is 5.76. The molecule has 4 atom stereocenters. The number of halogens is 1. The molecule has 2 aliphatic carbocycles. The molecule has 28 heavy (non-hydrogen) atoms. The predicted octanol–water partition coefficient (Wildman–Crippen LogP) is 7.64. The van der Waals surface area contributed by atoms with Crippen LogP contribution in [0.15, 0.2) is 43.0 Å². The van der Waals surface area contributed by atoms with Gasteiger partial charge >= 0.3 is 0 Å². The molecule has 0 spiro atoms. The number of fused-ring (bicyclic) bond motifs is 2. The summed E-state index contributed by atoms with van der Waals surface area (Å²) in [6.07, 6.45) is 12.6. The fraction of sp³-hybridized carbons (Fsp3) is 0.538. The van der Waals surface area contributed by atoms with E-state index in [9.17, 15) is 4.39 Å². The van der Waals surface area contributed by atoms with Gasteiger partial charge in [0.15, 0.2) is 0 Å². The highest BCUT2D eigenvalue weighted by molar-refractivity contribution is 5.85. The molecule has 0 amide bonds. The van der Waals surface area contributed by atoms with Crippen molar-refractivity contribution in [1.29, 1.82) is 0 Å². The maximum atomic E-state index is 14.7. The molecule has 1 nitrogen and oxygen atoms in total. The number of benzene rings is 2. The van der Waals surface area contributed by atoms with Gasteiger partial charge in [0, 0.05) is 11.5 Å². The van der Waals surface area contributed by atoms with E-state index >= 15 is 0 Å². The van der Waals surface area contributed by atoms with Gasteiger partial charge in [-0.05, 0) is 78.9 Å². The van der Waals surface area contributed by atoms with Crippen molar-refractivity contribution < 1.29 is 9.13 Å². The van der Waals surface area contributed by atoms with Crippen molar-refractivity contribution in [2.24, 2.45) is 17.8 Å². The highest BCUT2D eigenvalue weighted by atomic mass is 19.1. The third-order valence-corrected chi connectivity index (χ3v) is 7.16. The molecule has 2 fully saturated rings. The Hall–Kier alpha value is -1.83. The van der Waals surface area contributed by atoms with Crippen LogP contribution in [0.2, 0.25) is 0 Å². The van der Waals surface area contributed by atoms with E-state index in [-0.39, 0.29) is 5.82 Å². The zero-order valence-corrected chi connectivity index (χ0v) is 17.1. The lowest BCUT2D eigenvalue weighted by atomic mass is 9.63. The maximum absolute atomic E-state index is 14.7. The Labute approximate surface area is 169 Å². The van der Waals surface area contributed by atoms with Crippen LogP contribution in [0.5, 0.6) is 5.75 Å². The second-order valence-electron chi connectivity index (χ2n) is 8.98. The summed E-state index contributed by atoms with van der Waals surface area (Å²) >= 11 is 0. The monoisotopic (exact) mass is 380 g/mol. The minimum Gasteiger partial charge on any atom is -0.489 e. The summed E-state index contributed by atoms with van der Waals surface area (Å²) in [6, 6.07) is 9.81. The van der Waals surface area contributed by atoms with E-state index in [1.54, 1.807) is 6.08 Å². The van der Waals surface area contributed by atoms with Crippen molar-refractivity contribution in [3.05, 3.63) is 54.4 Å². The fourth-order valence-electron chi connectivity index (χ4n) is 5.76. The first-order chi connectivity index (χ1) is 13.7. The SMILES string of the molecule is C=CCOc1cc(F)c2cc(C3CCC4CC(CCC)CCC4C3)ccc2c1. The van der Waals surface area contributed by atoms with Gasteiger partial charge in [-0.3, -0.25) is 0 Å². The highest BCUT2D eigenvalue weighted by Gasteiger charge is 2.35. The van der Waals surface area contributed by atoms with E-state index in [0.717, 1.165) is 28.5 Å². The van der Waals surface area contributed by atoms with Crippen LogP contribution < -0.4 is 4.74 Å². The smallest absolute Gasteiger partial charge is 0.134 e. The molecule has 0 N–H and O–H groups in total. The van der Waals surface area contributed by atoms with Gasteiger partial charge in [-0.2, -0.15) is 0 Å². The van der Waals surface area contributed by atoms with Crippen LogP contribution in [0.4, 0.5) is 4.39 Å². The molecule has 0 aliphatic heterocycles. The Morgan fingerprint density at radius 1 is 1.07 bits per heavy atom. The van der Waals surface area contributed by atoms with Gasteiger partial charge in [-0.25, -0.2) is 4.39 Å². The maximum Gasteiger partial charge on any atom is 0.134 e. The molecule has 2 aliphatic rings. The van der Waals surface area contributed by atoms with Crippen LogP contribution >= 0.6 is 0 Å². The van der Waals surface area contributed by atoms with Gasteiger partial charge in [-0.15, -0.1) is 0 Å². The summed E-state index contributed by atoms with van der Waals surface area (Å²) in [7, 11) is 0. The number of hydrogen-bond donors (Lipinski definition) is 0. The molecular formula is C26H33FO. The quantitative estimate of drug-likeness (QED) is 0.468. The Bertz CT molecular complexity index is 827. The number of ether oxygens (including phenoxy) is 1. The molecule has 4 rings (SSSR count). The van der Waals surface area contributed by atoms with Crippen LogP contribution in [0, 0.1) is 23.6 Å². The average molecular weight is 381 g/mol. The Morgan fingerprint density at radius 3 is 2.71 bits per heavy atom. The van der Waals surface area contributed by atoms with Crippen molar-refractivity contribution in [2.45, 2.75) is 64.2 Å². The minimum atomic E-state index is -0.188. The molecule has 0 saturated heterocycles.